The largest absolute Gasteiger partial charge is 0.326 e. The van der Waals surface area contributed by atoms with Crippen molar-refractivity contribution in [3.05, 3.63) is 53.6 Å². The Morgan fingerprint density at radius 3 is 2.31 bits per heavy atom. The summed E-state index contributed by atoms with van der Waals surface area (Å²) in [5.41, 5.74) is 3.54. The lowest BCUT2D eigenvalue weighted by Gasteiger charge is -2.30. The van der Waals surface area contributed by atoms with Crippen LogP contribution in [0.5, 0.6) is 0 Å². The lowest BCUT2D eigenvalue weighted by atomic mass is 9.97. The Labute approximate surface area is 189 Å². The first-order valence-electron chi connectivity index (χ1n) is 11.0. The Morgan fingerprint density at radius 1 is 1.03 bits per heavy atom. The summed E-state index contributed by atoms with van der Waals surface area (Å²) in [5, 5.41) is 2.93. The molecule has 0 aliphatic carbocycles. The second kappa shape index (κ2) is 8.67. The molecule has 2 amide bonds. The van der Waals surface area contributed by atoms with Crippen molar-refractivity contribution in [3.63, 3.8) is 0 Å². The third-order valence-corrected chi connectivity index (χ3v) is 8.28. The fourth-order valence-corrected chi connectivity index (χ4v) is 6.16. The van der Waals surface area contributed by atoms with Gasteiger partial charge in [-0.25, -0.2) is 8.42 Å². The molecular weight excluding hydrogens is 426 g/mol. The van der Waals surface area contributed by atoms with Gasteiger partial charge in [-0.1, -0.05) is 17.7 Å². The fourth-order valence-electron chi connectivity index (χ4n) is 4.64. The molecule has 2 aliphatic heterocycles. The Hall–Kier alpha value is -2.71. The minimum Gasteiger partial charge on any atom is -0.326 e. The molecule has 0 spiro atoms. The highest BCUT2D eigenvalue weighted by molar-refractivity contribution is 7.89. The molecule has 0 bridgehead atoms. The highest BCUT2D eigenvalue weighted by Gasteiger charge is 2.34. The number of sulfonamides is 1. The average molecular weight is 456 g/mol. The topological polar surface area (TPSA) is 86.8 Å². The first-order valence-corrected chi connectivity index (χ1v) is 12.4. The molecule has 2 aliphatic rings. The maximum absolute atomic E-state index is 13.2. The Bertz CT molecular complexity index is 1140. The molecule has 1 saturated heterocycles. The van der Waals surface area contributed by atoms with E-state index in [1.165, 1.54) is 11.2 Å². The van der Waals surface area contributed by atoms with Crippen LogP contribution in [0.4, 0.5) is 11.4 Å². The van der Waals surface area contributed by atoms with Crippen molar-refractivity contribution in [1.82, 2.24) is 4.31 Å². The van der Waals surface area contributed by atoms with Gasteiger partial charge in [0.15, 0.2) is 0 Å². The highest BCUT2D eigenvalue weighted by atomic mass is 32.2. The monoisotopic (exact) mass is 455 g/mol. The lowest BCUT2D eigenvalue weighted by molar-refractivity contribution is -0.121. The number of rotatable bonds is 4. The summed E-state index contributed by atoms with van der Waals surface area (Å²) in [4.78, 5) is 26.5. The summed E-state index contributed by atoms with van der Waals surface area (Å²) in [5.74, 6) is -0.327. The Kier molecular flexibility index (Phi) is 6.09. The van der Waals surface area contributed by atoms with Gasteiger partial charge >= 0.3 is 0 Å². The van der Waals surface area contributed by atoms with E-state index in [0.717, 1.165) is 22.5 Å². The van der Waals surface area contributed by atoms with Gasteiger partial charge < -0.3 is 10.2 Å². The van der Waals surface area contributed by atoms with Gasteiger partial charge in [-0.2, -0.15) is 4.31 Å². The van der Waals surface area contributed by atoms with Crippen LogP contribution in [0.1, 0.15) is 37.8 Å². The number of hydrogen-bond acceptors (Lipinski definition) is 4. The van der Waals surface area contributed by atoms with Crippen molar-refractivity contribution in [3.8, 4) is 0 Å². The highest BCUT2D eigenvalue weighted by Crippen LogP contribution is 2.35. The van der Waals surface area contributed by atoms with Crippen LogP contribution in [0.2, 0.25) is 0 Å². The van der Waals surface area contributed by atoms with Crippen molar-refractivity contribution >= 4 is 33.2 Å². The molecule has 8 heteroatoms. The first-order chi connectivity index (χ1) is 15.2. The van der Waals surface area contributed by atoms with Crippen LogP contribution >= 0.6 is 0 Å². The number of hydrogen-bond donors (Lipinski definition) is 1. The standard InChI is InChI=1S/C24H29N3O4S/c1-16-4-6-21(7-5-16)25-24(29)19-10-12-26(13-11-19)32(30,31)22-8-9-23-20(15-22)14-17(2)27(23)18(3)28/h4-9,15,17,19H,10-14H2,1-3H3,(H,25,29)/t17-/m0/s1. The number of benzene rings is 2. The molecule has 2 heterocycles. The van der Waals surface area contributed by atoms with Crippen LogP contribution < -0.4 is 10.2 Å². The van der Waals surface area contributed by atoms with Gasteiger partial charge in [-0.3, -0.25) is 9.59 Å². The van der Waals surface area contributed by atoms with E-state index in [1.807, 2.05) is 38.1 Å². The number of carbonyl (C=O) groups is 2. The number of amides is 2. The molecule has 4 rings (SSSR count). The number of nitrogens with one attached hydrogen (secondary N) is 1. The van der Waals surface area contributed by atoms with Crippen LogP contribution in [0.15, 0.2) is 47.4 Å². The summed E-state index contributed by atoms with van der Waals surface area (Å²) in [6.45, 7) is 6.09. The van der Waals surface area contributed by atoms with E-state index in [2.05, 4.69) is 5.32 Å². The van der Waals surface area contributed by atoms with Crippen LogP contribution in [0.25, 0.3) is 0 Å². The van der Waals surface area contributed by atoms with Gasteiger partial charge in [0.2, 0.25) is 21.8 Å². The van der Waals surface area contributed by atoms with Crippen molar-refractivity contribution in [2.24, 2.45) is 5.92 Å². The summed E-state index contributed by atoms with van der Waals surface area (Å²) >= 11 is 0. The minimum absolute atomic E-state index is 0.0169. The molecule has 2 aromatic rings. The number of aryl methyl sites for hydroxylation is 1. The van der Waals surface area contributed by atoms with Crippen molar-refractivity contribution in [1.29, 1.82) is 0 Å². The van der Waals surface area contributed by atoms with Gasteiger partial charge in [0, 0.05) is 43.3 Å². The van der Waals surface area contributed by atoms with Crippen molar-refractivity contribution in [2.45, 2.75) is 51.0 Å². The first kappa shape index (κ1) is 22.5. The molecule has 1 N–H and O–H groups in total. The average Bonchev–Trinajstić information content (AvgIpc) is 3.10. The molecule has 0 saturated carbocycles. The summed E-state index contributed by atoms with van der Waals surface area (Å²) in [7, 11) is -3.65. The predicted octanol–water partition coefficient (Wildman–Crippen LogP) is 3.33. The van der Waals surface area contributed by atoms with E-state index in [-0.39, 0.29) is 28.7 Å². The third kappa shape index (κ3) is 4.29. The summed E-state index contributed by atoms with van der Waals surface area (Å²) in [6, 6.07) is 12.6. The van der Waals surface area contributed by atoms with E-state index in [4.69, 9.17) is 0 Å². The molecule has 2 aromatic carbocycles. The molecule has 1 atom stereocenters. The molecule has 7 nitrogen and oxygen atoms in total. The van der Waals surface area contributed by atoms with E-state index < -0.39 is 10.0 Å². The molecule has 0 radical (unpaired) electrons. The van der Waals surface area contributed by atoms with Crippen LogP contribution in [-0.4, -0.2) is 43.7 Å². The van der Waals surface area contributed by atoms with Gasteiger partial charge in [-0.15, -0.1) is 0 Å². The quantitative estimate of drug-likeness (QED) is 0.766. The maximum atomic E-state index is 13.2. The van der Waals surface area contributed by atoms with E-state index in [9.17, 15) is 18.0 Å². The zero-order valence-corrected chi connectivity index (χ0v) is 19.5. The van der Waals surface area contributed by atoms with Crippen molar-refractivity contribution < 1.29 is 18.0 Å². The molecule has 170 valence electrons. The number of nitrogens with zero attached hydrogens (tertiary/aromatic N) is 2. The van der Waals surface area contributed by atoms with E-state index in [1.54, 1.807) is 23.1 Å². The Morgan fingerprint density at radius 2 is 1.69 bits per heavy atom. The molecule has 1 fully saturated rings. The number of fused-ring (bicyclic) bond motifs is 1. The molecule has 32 heavy (non-hydrogen) atoms. The molecule has 0 unspecified atom stereocenters. The van der Waals surface area contributed by atoms with E-state index in [0.29, 0.717) is 32.4 Å². The predicted molar refractivity (Wildman–Crippen MR) is 124 cm³/mol. The van der Waals surface area contributed by atoms with Crippen molar-refractivity contribution in [2.75, 3.05) is 23.3 Å². The number of carbonyl (C=O) groups excluding carboxylic acids is 2. The minimum atomic E-state index is -3.65. The zero-order valence-electron chi connectivity index (χ0n) is 18.7. The van der Waals surface area contributed by atoms with Crippen LogP contribution in [-0.2, 0) is 26.0 Å². The van der Waals surface area contributed by atoms with Gasteiger partial charge in [0.25, 0.3) is 0 Å². The summed E-state index contributed by atoms with van der Waals surface area (Å²) < 4.78 is 27.9. The number of piperidine rings is 1. The van der Waals surface area contributed by atoms with Gasteiger partial charge in [0.1, 0.15) is 0 Å². The second-order valence-corrected chi connectivity index (χ2v) is 10.7. The normalized spacial score (nSPS) is 19.6. The summed E-state index contributed by atoms with van der Waals surface area (Å²) in [6.07, 6.45) is 1.60. The smallest absolute Gasteiger partial charge is 0.243 e. The maximum Gasteiger partial charge on any atom is 0.243 e. The van der Waals surface area contributed by atoms with Gasteiger partial charge in [-0.05, 0) is 69.0 Å². The second-order valence-electron chi connectivity index (χ2n) is 8.77. The van der Waals surface area contributed by atoms with Gasteiger partial charge in [0.05, 0.1) is 4.90 Å². The lowest BCUT2D eigenvalue weighted by Crippen LogP contribution is -2.41. The Balaban J connectivity index is 1.42. The van der Waals surface area contributed by atoms with E-state index >= 15 is 0 Å². The SMILES string of the molecule is CC(=O)N1c2ccc(S(=O)(=O)N3CCC(C(=O)Nc4ccc(C)cc4)CC3)cc2C[C@@H]1C. The molecular formula is C24H29N3O4S. The third-order valence-electron chi connectivity index (χ3n) is 6.39. The van der Waals surface area contributed by atoms with Crippen LogP contribution in [0, 0.1) is 12.8 Å². The molecule has 0 aromatic heterocycles. The zero-order chi connectivity index (χ0) is 23.0. The van der Waals surface area contributed by atoms with Crippen LogP contribution in [0.3, 0.4) is 0 Å². The number of anilines is 2. The fraction of sp³-hybridized carbons (Fsp3) is 0.417.